The van der Waals surface area contributed by atoms with E-state index in [1.54, 1.807) is 0 Å². The number of benzene rings is 1. The molecule has 0 aliphatic carbocycles. The maximum atomic E-state index is 12.5. The minimum absolute atomic E-state index is 0.0871. The van der Waals surface area contributed by atoms with Gasteiger partial charge in [0.1, 0.15) is 5.75 Å². The topological polar surface area (TPSA) is 46.2 Å². The highest BCUT2D eigenvalue weighted by Crippen LogP contribution is 2.49. The van der Waals surface area contributed by atoms with Crippen molar-refractivity contribution in [3.63, 3.8) is 0 Å². The summed E-state index contributed by atoms with van der Waals surface area (Å²) in [5, 5.41) is 9.06. The van der Waals surface area contributed by atoms with Crippen molar-refractivity contribution in [2.24, 2.45) is 0 Å². The first-order valence-electron chi connectivity index (χ1n) is 4.98. The zero-order valence-corrected chi connectivity index (χ0v) is 9.66. The molecule has 120 valence electrons. The fourth-order valence-electron chi connectivity index (χ4n) is 1.62. The normalized spacial score (nSPS) is 13.8. The summed E-state index contributed by atoms with van der Waals surface area (Å²) in [6.07, 6.45) is -17.1. The molecule has 0 saturated carbocycles. The molecule has 0 aromatic heterocycles. The first-order valence-corrected chi connectivity index (χ1v) is 4.98. The number of hydrogen-bond donors (Lipinski definition) is 2. The summed E-state index contributed by atoms with van der Waals surface area (Å²) in [7, 11) is 0. The summed E-state index contributed by atoms with van der Waals surface area (Å²) in [4.78, 5) is 0. The van der Waals surface area contributed by atoms with Crippen LogP contribution in [-0.4, -0.2) is 17.5 Å². The number of halogens is 9. The lowest BCUT2D eigenvalue weighted by Gasteiger charge is -2.24. The van der Waals surface area contributed by atoms with Crippen LogP contribution in [-0.2, 0) is 6.18 Å². The molecule has 0 aliphatic heterocycles. The van der Waals surface area contributed by atoms with Gasteiger partial charge in [0.25, 0.3) is 0 Å². The molecule has 2 nitrogen and oxygen atoms in total. The van der Waals surface area contributed by atoms with Crippen LogP contribution < -0.4 is 5.73 Å². The summed E-state index contributed by atoms with van der Waals surface area (Å²) in [6, 6.07) is -0.461. The highest BCUT2D eigenvalue weighted by atomic mass is 19.4. The lowest BCUT2D eigenvalue weighted by atomic mass is 9.94. The van der Waals surface area contributed by atoms with Gasteiger partial charge < -0.3 is 10.8 Å². The second-order valence-corrected chi connectivity index (χ2v) is 4.02. The summed E-state index contributed by atoms with van der Waals surface area (Å²) in [5.74, 6) is -5.68. The number of anilines is 1. The van der Waals surface area contributed by atoms with E-state index in [9.17, 15) is 39.5 Å². The molecule has 0 spiro atoms. The van der Waals surface area contributed by atoms with E-state index in [2.05, 4.69) is 0 Å². The number of aromatic hydroxyl groups is 1. The van der Waals surface area contributed by atoms with Crippen molar-refractivity contribution in [3.8, 4) is 5.75 Å². The number of phenols is 1. The Morgan fingerprint density at radius 1 is 0.857 bits per heavy atom. The van der Waals surface area contributed by atoms with Crippen molar-refractivity contribution in [3.05, 3.63) is 23.3 Å². The van der Waals surface area contributed by atoms with Gasteiger partial charge in [0, 0.05) is 0 Å². The molecule has 0 bridgehead atoms. The zero-order valence-electron chi connectivity index (χ0n) is 9.66. The molecule has 0 unspecified atom stereocenters. The molecule has 11 heteroatoms. The minimum atomic E-state index is -5.89. The Kier molecular flexibility index (Phi) is 4.01. The third-order valence-electron chi connectivity index (χ3n) is 2.47. The van der Waals surface area contributed by atoms with Gasteiger partial charge in [0.15, 0.2) is 5.92 Å². The van der Waals surface area contributed by atoms with E-state index in [0.717, 1.165) is 0 Å². The predicted octanol–water partition coefficient (Wildman–Crippen LogP) is 4.20. The number of rotatable bonds is 1. The largest absolute Gasteiger partial charge is 0.506 e. The Hall–Kier alpha value is -1.81. The minimum Gasteiger partial charge on any atom is -0.506 e. The average Bonchev–Trinajstić information content (AvgIpc) is 2.16. The molecule has 0 heterocycles. The number of nitrogen functional groups attached to an aromatic ring is 1. The van der Waals surface area contributed by atoms with E-state index in [1.807, 2.05) is 0 Å². The van der Waals surface area contributed by atoms with Crippen molar-refractivity contribution < 1.29 is 44.6 Å². The van der Waals surface area contributed by atoms with Crippen LogP contribution in [0.25, 0.3) is 0 Å². The second-order valence-electron chi connectivity index (χ2n) is 4.02. The molecule has 21 heavy (non-hydrogen) atoms. The number of hydrogen-bond acceptors (Lipinski definition) is 2. The van der Waals surface area contributed by atoms with Gasteiger partial charge in [-0.05, 0) is 17.7 Å². The molecule has 0 radical (unpaired) electrons. The summed E-state index contributed by atoms with van der Waals surface area (Å²) >= 11 is 0. The highest BCUT2D eigenvalue weighted by molar-refractivity contribution is 5.61. The molecule has 0 atom stereocenters. The van der Waals surface area contributed by atoms with Crippen LogP contribution in [0, 0.1) is 0 Å². The monoisotopic (exact) mass is 327 g/mol. The van der Waals surface area contributed by atoms with Crippen LogP contribution in [0.2, 0.25) is 0 Å². The Morgan fingerprint density at radius 2 is 1.29 bits per heavy atom. The standard InChI is InChI=1S/C10H6F9NO/c11-8(12,13)4-1-3(2-5(21)6(4)20)7(9(14,15)16)10(17,18)19/h1-2,7,21H,20H2. The van der Waals surface area contributed by atoms with E-state index in [0.29, 0.717) is 0 Å². The van der Waals surface area contributed by atoms with E-state index < -0.39 is 47.0 Å². The fourth-order valence-corrected chi connectivity index (χ4v) is 1.62. The van der Waals surface area contributed by atoms with Gasteiger partial charge in [0.2, 0.25) is 0 Å². The number of nitrogens with two attached hydrogens (primary N) is 1. The van der Waals surface area contributed by atoms with Gasteiger partial charge in [-0.3, -0.25) is 0 Å². The first kappa shape index (κ1) is 17.2. The zero-order chi connectivity index (χ0) is 16.8. The molecule has 1 aromatic carbocycles. The van der Waals surface area contributed by atoms with Crippen molar-refractivity contribution in [2.75, 3.05) is 5.73 Å². The molecule has 3 N–H and O–H groups in total. The number of alkyl halides is 9. The predicted molar refractivity (Wildman–Crippen MR) is 52.4 cm³/mol. The lowest BCUT2D eigenvalue weighted by molar-refractivity contribution is -0.253. The molecule has 0 saturated heterocycles. The van der Waals surface area contributed by atoms with Crippen LogP contribution >= 0.6 is 0 Å². The van der Waals surface area contributed by atoms with Gasteiger partial charge in [-0.15, -0.1) is 0 Å². The van der Waals surface area contributed by atoms with Gasteiger partial charge >= 0.3 is 18.5 Å². The Balaban J connectivity index is 3.59. The van der Waals surface area contributed by atoms with Gasteiger partial charge in [0.05, 0.1) is 11.3 Å². The van der Waals surface area contributed by atoms with Crippen molar-refractivity contribution >= 4 is 5.69 Å². The second kappa shape index (κ2) is 4.88. The van der Waals surface area contributed by atoms with Gasteiger partial charge in [-0.2, -0.15) is 39.5 Å². The molecule has 0 fully saturated rings. The van der Waals surface area contributed by atoms with Gasteiger partial charge in [-0.1, -0.05) is 0 Å². The van der Waals surface area contributed by atoms with Crippen LogP contribution in [0.3, 0.4) is 0 Å². The highest BCUT2D eigenvalue weighted by Gasteiger charge is 2.58. The summed E-state index contributed by atoms with van der Waals surface area (Å²) < 4.78 is 112. The maximum Gasteiger partial charge on any atom is 0.418 e. The maximum absolute atomic E-state index is 12.5. The Bertz CT molecular complexity index is 515. The molecule has 1 rings (SSSR count). The van der Waals surface area contributed by atoms with Crippen molar-refractivity contribution in [1.29, 1.82) is 0 Å². The first-order chi connectivity index (χ1) is 9.15. The summed E-state index contributed by atoms with van der Waals surface area (Å²) in [5.41, 5.74) is -0.302. The van der Waals surface area contributed by atoms with Crippen LogP contribution in [0.4, 0.5) is 45.2 Å². The van der Waals surface area contributed by atoms with E-state index in [-0.39, 0.29) is 12.1 Å². The third-order valence-corrected chi connectivity index (χ3v) is 2.47. The quantitative estimate of drug-likeness (QED) is 0.461. The molecular formula is C10H6F9NO. The molecule has 0 amide bonds. The van der Waals surface area contributed by atoms with Gasteiger partial charge in [-0.25, -0.2) is 0 Å². The molecular weight excluding hydrogens is 321 g/mol. The Labute approximate surface area is 111 Å². The molecule has 1 aromatic rings. The van der Waals surface area contributed by atoms with Crippen LogP contribution in [0.5, 0.6) is 5.75 Å². The number of phenolic OH excluding ortho intramolecular Hbond substituents is 1. The van der Waals surface area contributed by atoms with E-state index in [1.165, 1.54) is 0 Å². The van der Waals surface area contributed by atoms with Crippen molar-refractivity contribution in [2.45, 2.75) is 24.4 Å². The SMILES string of the molecule is Nc1c(O)cc(C(C(F)(F)F)C(F)(F)F)cc1C(F)(F)F. The Morgan fingerprint density at radius 3 is 1.62 bits per heavy atom. The van der Waals surface area contributed by atoms with Crippen molar-refractivity contribution in [1.82, 2.24) is 0 Å². The molecule has 0 aliphatic rings. The average molecular weight is 327 g/mol. The smallest absolute Gasteiger partial charge is 0.418 e. The van der Waals surface area contributed by atoms with E-state index >= 15 is 0 Å². The van der Waals surface area contributed by atoms with Crippen LogP contribution in [0.1, 0.15) is 17.0 Å². The van der Waals surface area contributed by atoms with E-state index in [4.69, 9.17) is 10.8 Å². The third kappa shape index (κ3) is 3.64. The summed E-state index contributed by atoms with van der Waals surface area (Å²) in [6.45, 7) is 0. The lowest BCUT2D eigenvalue weighted by Crippen LogP contribution is -2.34. The fraction of sp³-hybridized carbons (Fsp3) is 0.400. The van der Waals surface area contributed by atoms with Crippen LogP contribution in [0.15, 0.2) is 12.1 Å².